The lowest BCUT2D eigenvalue weighted by Gasteiger charge is -2.14. The number of nitrogens with one attached hydrogen (secondary N) is 1. The second-order valence-electron chi connectivity index (χ2n) is 7.35. The summed E-state index contributed by atoms with van der Waals surface area (Å²) < 4.78 is 70.1. The third-order valence-corrected chi connectivity index (χ3v) is 6.23. The molecule has 0 aliphatic heterocycles. The number of carbonyl (C=O) groups is 1. The van der Waals surface area contributed by atoms with Gasteiger partial charge in [-0.3, -0.25) is 4.79 Å². The predicted molar refractivity (Wildman–Crippen MR) is 122 cm³/mol. The van der Waals surface area contributed by atoms with Gasteiger partial charge >= 0.3 is 0 Å². The second-order valence-corrected chi connectivity index (χ2v) is 9.29. The van der Waals surface area contributed by atoms with Crippen LogP contribution in [0.15, 0.2) is 53.4 Å². The predicted octanol–water partition coefficient (Wildman–Crippen LogP) is 5.22. The lowest BCUT2D eigenvalue weighted by Crippen LogP contribution is -2.18. The average Bonchev–Trinajstić information content (AvgIpc) is 2.79. The zero-order chi connectivity index (χ0) is 25.9. The van der Waals surface area contributed by atoms with Crippen molar-refractivity contribution in [3.63, 3.8) is 0 Å². The Labute approximate surface area is 203 Å². The number of nitriles is 1. The fourth-order valence-corrected chi connectivity index (χ4v) is 4.21. The minimum Gasteiger partial charge on any atom is -0.453 e. The number of nitrogens with zero attached hydrogens (tertiary/aromatic N) is 1. The summed E-state index contributed by atoms with van der Waals surface area (Å²) in [5, 5.41) is 16.5. The number of amides is 1. The van der Waals surface area contributed by atoms with Crippen LogP contribution in [-0.4, -0.2) is 14.3 Å². The molecule has 0 aliphatic rings. The lowest BCUT2D eigenvalue weighted by molar-refractivity contribution is -0.115. The van der Waals surface area contributed by atoms with Gasteiger partial charge in [0.2, 0.25) is 15.9 Å². The average molecular weight is 524 g/mol. The van der Waals surface area contributed by atoms with Crippen LogP contribution in [0.5, 0.6) is 11.5 Å². The minimum absolute atomic E-state index is 0.123. The first-order valence-corrected chi connectivity index (χ1v) is 11.7. The summed E-state index contributed by atoms with van der Waals surface area (Å²) in [5.74, 6) is -2.45. The minimum atomic E-state index is -4.02. The van der Waals surface area contributed by atoms with Crippen LogP contribution >= 0.6 is 11.6 Å². The van der Waals surface area contributed by atoms with E-state index in [-0.39, 0.29) is 38.0 Å². The Balaban J connectivity index is 1.87. The number of nitrogens with two attached hydrogens (primary N) is 1. The van der Waals surface area contributed by atoms with E-state index in [2.05, 4.69) is 5.32 Å². The van der Waals surface area contributed by atoms with Crippen molar-refractivity contribution in [2.45, 2.75) is 24.7 Å². The molecule has 3 aromatic carbocycles. The zero-order valence-electron chi connectivity index (χ0n) is 18.0. The topological polar surface area (TPSA) is 122 Å². The summed E-state index contributed by atoms with van der Waals surface area (Å²) in [6.45, 7) is 1.45. The molecule has 1 amide bonds. The van der Waals surface area contributed by atoms with Gasteiger partial charge < -0.3 is 10.1 Å². The van der Waals surface area contributed by atoms with Crippen LogP contribution in [0.3, 0.4) is 0 Å². The Morgan fingerprint density at radius 3 is 2.57 bits per heavy atom. The Hall–Kier alpha value is -3.59. The highest BCUT2D eigenvalue weighted by atomic mass is 35.5. The van der Waals surface area contributed by atoms with Gasteiger partial charge in [0.05, 0.1) is 28.0 Å². The summed E-state index contributed by atoms with van der Waals surface area (Å²) in [6, 6.07) is 11.4. The molecule has 0 saturated carbocycles. The van der Waals surface area contributed by atoms with E-state index in [4.69, 9.17) is 26.7 Å². The fourth-order valence-electron chi connectivity index (χ4n) is 3.22. The maximum absolute atomic E-state index is 15.2. The lowest BCUT2D eigenvalue weighted by atomic mass is 10.1. The van der Waals surface area contributed by atoms with Gasteiger partial charge in [-0.05, 0) is 48.9 Å². The number of carbonyl (C=O) groups excluding carboxylic acids is 1. The molecule has 35 heavy (non-hydrogen) atoms. The maximum atomic E-state index is 15.2. The number of hydrogen-bond donors (Lipinski definition) is 2. The van der Waals surface area contributed by atoms with Crippen molar-refractivity contribution in [1.29, 1.82) is 5.26 Å². The normalized spacial score (nSPS) is 11.3. The van der Waals surface area contributed by atoms with Crippen LogP contribution in [0, 0.1) is 24.1 Å². The Kier molecular flexibility index (Phi) is 7.70. The number of benzene rings is 3. The molecule has 0 radical (unpaired) electrons. The number of alkyl halides is 2. The highest BCUT2D eigenvalue weighted by Gasteiger charge is 2.20. The molecule has 182 valence electrons. The van der Waals surface area contributed by atoms with Crippen molar-refractivity contribution < 1.29 is 31.1 Å². The summed E-state index contributed by atoms with van der Waals surface area (Å²) in [7, 11) is -4.02. The molecular weight excluding hydrogens is 507 g/mol. The molecule has 0 bridgehead atoms. The number of ether oxygens (including phenoxy) is 1. The largest absolute Gasteiger partial charge is 0.453 e. The van der Waals surface area contributed by atoms with Crippen molar-refractivity contribution in [3.8, 4) is 17.6 Å². The third-order valence-electron chi connectivity index (χ3n) is 4.87. The second kappa shape index (κ2) is 10.4. The van der Waals surface area contributed by atoms with Crippen LogP contribution in [0.1, 0.15) is 28.7 Å². The molecule has 12 heteroatoms. The fraction of sp³-hybridized carbons (Fsp3) is 0.130. The Bertz CT molecular complexity index is 1460. The van der Waals surface area contributed by atoms with E-state index in [1.807, 2.05) is 0 Å². The summed E-state index contributed by atoms with van der Waals surface area (Å²) in [4.78, 5) is 12.4. The van der Waals surface area contributed by atoms with Crippen LogP contribution < -0.4 is 15.2 Å². The van der Waals surface area contributed by atoms with Crippen molar-refractivity contribution in [2.24, 2.45) is 5.14 Å². The van der Waals surface area contributed by atoms with E-state index in [1.165, 1.54) is 37.3 Å². The number of primary sulfonamides is 1. The van der Waals surface area contributed by atoms with Crippen molar-refractivity contribution >= 4 is 33.2 Å². The van der Waals surface area contributed by atoms with Gasteiger partial charge in [0.1, 0.15) is 5.75 Å². The molecular formula is C23H17ClF3N3O4S. The Morgan fingerprint density at radius 2 is 1.94 bits per heavy atom. The number of hydrogen-bond acceptors (Lipinski definition) is 5. The first-order valence-electron chi connectivity index (χ1n) is 9.81. The van der Waals surface area contributed by atoms with Crippen LogP contribution in [0.4, 0.5) is 18.9 Å². The molecule has 3 aromatic rings. The van der Waals surface area contributed by atoms with Crippen LogP contribution in [0.2, 0.25) is 5.02 Å². The molecule has 0 aliphatic carbocycles. The highest BCUT2D eigenvalue weighted by molar-refractivity contribution is 7.89. The van der Waals surface area contributed by atoms with E-state index >= 15 is 4.39 Å². The van der Waals surface area contributed by atoms with Gasteiger partial charge in [-0.25, -0.2) is 26.7 Å². The molecule has 0 spiro atoms. The molecule has 3 rings (SSSR count). The molecule has 0 unspecified atom stereocenters. The highest BCUT2D eigenvalue weighted by Crippen LogP contribution is 2.36. The summed E-state index contributed by atoms with van der Waals surface area (Å²) in [5.41, 5.74) is -0.380. The van der Waals surface area contributed by atoms with Gasteiger partial charge in [-0.15, -0.1) is 0 Å². The number of halogens is 4. The van der Waals surface area contributed by atoms with Gasteiger partial charge in [0.25, 0.3) is 6.43 Å². The van der Waals surface area contributed by atoms with E-state index in [1.54, 1.807) is 6.07 Å². The van der Waals surface area contributed by atoms with Crippen molar-refractivity contribution in [1.82, 2.24) is 0 Å². The van der Waals surface area contributed by atoms with Crippen molar-refractivity contribution in [2.75, 3.05) is 5.32 Å². The molecule has 0 fully saturated rings. The molecule has 0 saturated heterocycles. The van der Waals surface area contributed by atoms with Crippen LogP contribution in [-0.2, 0) is 21.2 Å². The standard InChI is InChI=1S/C23H17ClF3N3O4S/c1-12-18(3-2-4-19(12)35(29,32)33)30-20(31)10-14-5-6-17(24)22(21(14)25)34-16-8-13(11-28)7-15(9-16)23(26)27/h2-9,23H,10H2,1H3,(H,30,31)(H2,29,32,33). The quantitative estimate of drug-likeness (QED) is 0.439. The molecule has 0 atom stereocenters. The zero-order valence-corrected chi connectivity index (χ0v) is 19.6. The van der Waals surface area contributed by atoms with Gasteiger partial charge in [0.15, 0.2) is 11.6 Å². The van der Waals surface area contributed by atoms with E-state index in [0.717, 1.165) is 18.2 Å². The monoisotopic (exact) mass is 523 g/mol. The molecule has 0 aromatic heterocycles. The van der Waals surface area contributed by atoms with Gasteiger partial charge in [-0.2, -0.15) is 5.26 Å². The SMILES string of the molecule is Cc1c(NC(=O)Cc2ccc(Cl)c(Oc3cc(C#N)cc(C(F)F)c3)c2F)cccc1S(N)(=O)=O. The van der Waals surface area contributed by atoms with E-state index in [0.29, 0.717) is 0 Å². The smallest absolute Gasteiger partial charge is 0.264 e. The van der Waals surface area contributed by atoms with Crippen molar-refractivity contribution in [3.05, 3.63) is 81.6 Å². The number of anilines is 1. The molecule has 0 heterocycles. The summed E-state index contributed by atoms with van der Waals surface area (Å²) in [6.07, 6.45) is -3.38. The van der Waals surface area contributed by atoms with Crippen LogP contribution in [0.25, 0.3) is 0 Å². The first-order chi connectivity index (χ1) is 16.4. The molecule has 3 N–H and O–H groups in total. The Morgan fingerprint density at radius 1 is 1.23 bits per heavy atom. The molecule has 7 nitrogen and oxygen atoms in total. The third kappa shape index (κ3) is 6.10. The number of sulfonamides is 1. The van der Waals surface area contributed by atoms with Gasteiger partial charge in [0, 0.05) is 16.8 Å². The van der Waals surface area contributed by atoms with E-state index < -0.39 is 45.9 Å². The van der Waals surface area contributed by atoms with E-state index in [9.17, 15) is 22.0 Å². The number of rotatable bonds is 7. The maximum Gasteiger partial charge on any atom is 0.264 e. The summed E-state index contributed by atoms with van der Waals surface area (Å²) >= 11 is 6.03. The van der Waals surface area contributed by atoms with Gasteiger partial charge in [-0.1, -0.05) is 23.7 Å². The first kappa shape index (κ1) is 26.0.